The van der Waals surface area contributed by atoms with E-state index in [0.29, 0.717) is 10.9 Å². The van der Waals surface area contributed by atoms with Crippen LogP contribution in [0, 0.1) is 0 Å². The maximum atomic E-state index is 5.83. The minimum absolute atomic E-state index is 0.496. The van der Waals surface area contributed by atoms with E-state index in [1.807, 2.05) is 43.3 Å². The van der Waals surface area contributed by atoms with Gasteiger partial charge in [0, 0.05) is 32.0 Å². The van der Waals surface area contributed by atoms with Gasteiger partial charge in [0.05, 0.1) is 9.50 Å². The molecular weight excluding hydrogens is 316 g/mol. The average molecular weight is 328 g/mol. The van der Waals surface area contributed by atoms with E-state index < -0.39 is 0 Å². The number of benzene rings is 1. The predicted molar refractivity (Wildman–Crippen MR) is 77.8 cm³/mol. The van der Waals surface area contributed by atoms with E-state index in [-0.39, 0.29) is 0 Å². The van der Waals surface area contributed by atoms with Crippen molar-refractivity contribution in [2.45, 2.75) is 0 Å². The van der Waals surface area contributed by atoms with Crippen molar-refractivity contribution in [3.05, 3.63) is 46.0 Å². The molecule has 94 valence electrons. The van der Waals surface area contributed by atoms with Crippen LogP contribution in [0.3, 0.4) is 0 Å². The summed E-state index contributed by atoms with van der Waals surface area (Å²) in [5.41, 5.74) is 1.07. The lowest BCUT2D eigenvalue weighted by Gasteiger charge is -2.14. The van der Waals surface area contributed by atoms with Crippen LogP contribution in [-0.2, 0) is 0 Å². The third kappa shape index (κ3) is 3.15. The summed E-state index contributed by atoms with van der Waals surface area (Å²) in [6.45, 7) is 0. The summed E-state index contributed by atoms with van der Waals surface area (Å²) >= 11 is 9.20. The molecule has 0 fully saturated rings. The Hall–Kier alpha value is -1.26. The Bertz CT molecular complexity index is 560. The fourth-order valence-electron chi connectivity index (χ4n) is 1.41. The molecule has 0 spiro atoms. The molecule has 0 N–H and O–H groups in total. The van der Waals surface area contributed by atoms with Gasteiger partial charge in [0.2, 0.25) is 5.88 Å². The molecule has 0 saturated heterocycles. The van der Waals surface area contributed by atoms with Crippen molar-refractivity contribution in [3.8, 4) is 11.6 Å². The SMILES string of the molecule is CN(C)c1cccc(Oc2ncc(Cl)cc2Br)c1. The number of rotatable bonds is 3. The van der Waals surface area contributed by atoms with Crippen LogP contribution in [0.4, 0.5) is 5.69 Å². The van der Waals surface area contributed by atoms with Crippen molar-refractivity contribution in [2.24, 2.45) is 0 Å². The summed E-state index contributed by atoms with van der Waals surface area (Å²) in [7, 11) is 3.96. The summed E-state index contributed by atoms with van der Waals surface area (Å²) in [4.78, 5) is 6.14. The second-order valence-electron chi connectivity index (χ2n) is 3.93. The lowest BCUT2D eigenvalue weighted by molar-refractivity contribution is 0.460. The van der Waals surface area contributed by atoms with Crippen LogP contribution >= 0.6 is 27.5 Å². The number of anilines is 1. The smallest absolute Gasteiger partial charge is 0.233 e. The standard InChI is InChI=1S/C13H12BrClN2O/c1-17(2)10-4-3-5-11(7-10)18-13-12(14)6-9(15)8-16-13/h3-8H,1-2H3. The Balaban J connectivity index is 2.25. The van der Waals surface area contributed by atoms with Crippen LogP contribution in [0.2, 0.25) is 5.02 Å². The number of ether oxygens (including phenoxy) is 1. The summed E-state index contributed by atoms with van der Waals surface area (Å²) in [5, 5.41) is 0.566. The lowest BCUT2D eigenvalue weighted by Crippen LogP contribution is -2.08. The monoisotopic (exact) mass is 326 g/mol. The van der Waals surface area contributed by atoms with Gasteiger partial charge < -0.3 is 9.64 Å². The zero-order valence-electron chi connectivity index (χ0n) is 10.0. The van der Waals surface area contributed by atoms with E-state index in [2.05, 4.69) is 20.9 Å². The minimum Gasteiger partial charge on any atom is -0.438 e. The molecule has 0 atom stereocenters. The first-order chi connectivity index (χ1) is 8.56. The van der Waals surface area contributed by atoms with Gasteiger partial charge in [-0.05, 0) is 34.1 Å². The van der Waals surface area contributed by atoms with Gasteiger partial charge in [0.25, 0.3) is 0 Å². The van der Waals surface area contributed by atoms with E-state index in [9.17, 15) is 0 Å². The Labute approximate surface area is 119 Å². The summed E-state index contributed by atoms with van der Waals surface area (Å²) in [6, 6.07) is 9.53. The van der Waals surface area contributed by atoms with Gasteiger partial charge in [0.1, 0.15) is 5.75 Å². The average Bonchev–Trinajstić information content (AvgIpc) is 2.33. The highest BCUT2D eigenvalue weighted by molar-refractivity contribution is 9.10. The molecule has 0 radical (unpaired) electrons. The zero-order chi connectivity index (χ0) is 13.1. The van der Waals surface area contributed by atoms with E-state index in [4.69, 9.17) is 16.3 Å². The molecule has 0 unspecified atom stereocenters. The van der Waals surface area contributed by atoms with Crippen LogP contribution < -0.4 is 9.64 Å². The molecule has 0 aliphatic carbocycles. The van der Waals surface area contributed by atoms with Gasteiger partial charge in [-0.25, -0.2) is 4.98 Å². The second kappa shape index (κ2) is 5.59. The molecule has 0 aliphatic rings. The van der Waals surface area contributed by atoms with Crippen molar-refractivity contribution in [3.63, 3.8) is 0 Å². The number of nitrogens with zero attached hydrogens (tertiary/aromatic N) is 2. The maximum Gasteiger partial charge on any atom is 0.233 e. The quantitative estimate of drug-likeness (QED) is 0.837. The number of pyridine rings is 1. The normalized spacial score (nSPS) is 10.2. The van der Waals surface area contributed by atoms with Crippen LogP contribution in [0.5, 0.6) is 11.6 Å². The highest BCUT2D eigenvalue weighted by Crippen LogP contribution is 2.30. The molecule has 1 aromatic heterocycles. The third-order valence-corrected chi connectivity index (χ3v) is 3.10. The van der Waals surface area contributed by atoms with Gasteiger partial charge in [0.15, 0.2) is 0 Å². The molecule has 2 rings (SSSR count). The molecule has 5 heteroatoms. The Morgan fingerprint density at radius 3 is 2.72 bits per heavy atom. The van der Waals surface area contributed by atoms with E-state index in [1.165, 1.54) is 0 Å². The number of hydrogen-bond donors (Lipinski definition) is 0. The molecule has 0 bridgehead atoms. The Morgan fingerprint density at radius 1 is 1.28 bits per heavy atom. The predicted octanol–water partition coefficient (Wildman–Crippen LogP) is 4.36. The Kier molecular flexibility index (Phi) is 4.09. The molecule has 2 aromatic rings. The van der Waals surface area contributed by atoms with Crippen LogP contribution in [0.25, 0.3) is 0 Å². The van der Waals surface area contributed by atoms with Crippen molar-refractivity contribution in [1.82, 2.24) is 4.98 Å². The summed E-state index contributed by atoms with van der Waals surface area (Å²) in [6.07, 6.45) is 1.55. The highest BCUT2D eigenvalue weighted by atomic mass is 79.9. The van der Waals surface area contributed by atoms with Crippen molar-refractivity contribution < 1.29 is 4.74 Å². The fourth-order valence-corrected chi connectivity index (χ4v) is 2.13. The summed E-state index contributed by atoms with van der Waals surface area (Å²) < 4.78 is 6.44. The van der Waals surface area contributed by atoms with E-state index in [1.54, 1.807) is 12.3 Å². The molecule has 1 aromatic carbocycles. The Morgan fingerprint density at radius 2 is 2.06 bits per heavy atom. The largest absolute Gasteiger partial charge is 0.438 e. The topological polar surface area (TPSA) is 25.4 Å². The molecular formula is C13H12BrClN2O. The van der Waals surface area contributed by atoms with E-state index in [0.717, 1.165) is 15.9 Å². The maximum absolute atomic E-state index is 5.83. The van der Waals surface area contributed by atoms with Crippen LogP contribution in [0.1, 0.15) is 0 Å². The lowest BCUT2D eigenvalue weighted by atomic mass is 10.3. The van der Waals surface area contributed by atoms with E-state index >= 15 is 0 Å². The summed E-state index contributed by atoms with van der Waals surface area (Å²) in [5.74, 6) is 1.23. The van der Waals surface area contributed by atoms with Gasteiger partial charge in [-0.15, -0.1) is 0 Å². The molecule has 3 nitrogen and oxygen atoms in total. The molecule has 0 saturated carbocycles. The van der Waals surface area contributed by atoms with Gasteiger partial charge in [-0.1, -0.05) is 17.7 Å². The van der Waals surface area contributed by atoms with Crippen molar-refractivity contribution in [2.75, 3.05) is 19.0 Å². The molecule has 0 amide bonds. The minimum atomic E-state index is 0.496. The first-order valence-corrected chi connectivity index (χ1v) is 6.49. The van der Waals surface area contributed by atoms with Gasteiger partial charge >= 0.3 is 0 Å². The zero-order valence-corrected chi connectivity index (χ0v) is 12.4. The van der Waals surface area contributed by atoms with Crippen molar-refractivity contribution in [1.29, 1.82) is 0 Å². The van der Waals surface area contributed by atoms with Crippen molar-refractivity contribution >= 4 is 33.2 Å². The number of aromatic nitrogens is 1. The molecule has 0 aliphatic heterocycles. The van der Waals surface area contributed by atoms with Gasteiger partial charge in [-0.3, -0.25) is 0 Å². The number of halogens is 2. The van der Waals surface area contributed by atoms with Gasteiger partial charge in [-0.2, -0.15) is 0 Å². The first kappa shape index (κ1) is 13.2. The molecule has 18 heavy (non-hydrogen) atoms. The highest BCUT2D eigenvalue weighted by Gasteiger charge is 2.06. The first-order valence-electron chi connectivity index (χ1n) is 5.32. The molecule has 1 heterocycles. The fraction of sp³-hybridized carbons (Fsp3) is 0.154. The third-order valence-electron chi connectivity index (χ3n) is 2.32. The van der Waals surface area contributed by atoms with Crippen LogP contribution in [0.15, 0.2) is 41.0 Å². The number of hydrogen-bond acceptors (Lipinski definition) is 3. The second-order valence-corrected chi connectivity index (χ2v) is 5.23. The van der Waals surface area contributed by atoms with Crippen LogP contribution in [-0.4, -0.2) is 19.1 Å².